The summed E-state index contributed by atoms with van der Waals surface area (Å²) in [6, 6.07) is 15.3. The van der Waals surface area contributed by atoms with E-state index in [0.717, 1.165) is 29.8 Å². The number of carbonyl (C=O) groups excluding carboxylic acids is 1. The van der Waals surface area contributed by atoms with Crippen LogP contribution in [-0.2, 0) is 6.54 Å². The molecule has 124 valence electrons. The van der Waals surface area contributed by atoms with Crippen LogP contribution in [0.15, 0.2) is 48.5 Å². The molecule has 3 rings (SSSR count). The fourth-order valence-corrected chi connectivity index (χ4v) is 2.78. The molecule has 0 fully saturated rings. The van der Waals surface area contributed by atoms with Gasteiger partial charge in [0, 0.05) is 18.7 Å². The summed E-state index contributed by atoms with van der Waals surface area (Å²) in [4.78, 5) is 16.7. The zero-order chi connectivity index (χ0) is 16.9. The summed E-state index contributed by atoms with van der Waals surface area (Å²) < 4.78 is 7.33. The highest BCUT2D eigenvalue weighted by atomic mass is 16.5. The van der Waals surface area contributed by atoms with Crippen LogP contribution in [0.4, 0.5) is 0 Å². The molecule has 0 aliphatic carbocycles. The third kappa shape index (κ3) is 3.40. The van der Waals surface area contributed by atoms with Crippen molar-refractivity contribution in [3.8, 4) is 5.75 Å². The number of rotatable bonds is 6. The Bertz CT molecular complexity index is 855. The first-order valence-corrected chi connectivity index (χ1v) is 8.03. The fourth-order valence-electron chi connectivity index (χ4n) is 2.78. The highest BCUT2D eigenvalue weighted by Gasteiger charge is 2.08. The van der Waals surface area contributed by atoms with Gasteiger partial charge < -0.3 is 14.6 Å². The molecule has 5 heteroatoms. The van der Waals surface area contributed by atoms with Crippen molar-refractivity contribution >= 4 is 16.9 Å². The summed E-state index contributed by atoms with van der Waals surface area (Å²) in [6.07, 6.45) is 0.844. The predicted molar refractivity (Wildman–Crippen MR) is 94.4 cm³/mol. The molecule has 0 saturated heterocycles. The molecule has 24 heavy (non-hydrogen) atoms. The maximum atomic E-state index is 12.2. The number of imidazole rings is 1. The first-order chi connectivity index (χ1) is 11.7. The van der Waals surface area contributed by atoms with Crippen LogP contribution in [-0.4, -0.2) is 29.1 Å². The molecule has 3 aromatic rings. The molecule has 0 unspecified atom stereocenters. The second-order valence-electron chi connectivity index (χ2n) is 5.64. The lowest BCUT2D eigenvalue weighted by molar-refractivity contribution is 0.0952. The normalized spacial score (nSPS) is 10.8. The number of fused-ring (bicyclic) bond motifs is 1. The van der Waals surface area contributed by atoms with Crippen molar-refractivity contribution in [1.29, 1.82) is 0 Å². The Morgan fingerprint density at radius 1 is 1.21 bits per heavy atom. The van der Waals surface area contributed by atoms with Crippen LogP contribution < -0.4 is 10.1 Å². The quantitative estimate of drug-likeness (QED) is 0.709. The first kappa shape index (κ1) is 16.1. The van der Waals surface area contributed by atoms with Gasteiger partial charge >= 0.3 is 0 Å². The van der Waals surface area contributed by atoms with Gasteiger partial charge in [-0.15, -0.1) is 0 Å². The molecule has 1 N–H and O–H groups in total. The largest absolute Gasteiger partial charge is 0.497 e. The number of nitrogens with one attached hydrogen (secondary N) is 1. The van der Waals surface area contributed by atoms with E-state index >= 15 is 0 Å². The molecule has 5 nitrogen and oxygen atoms in total. The minimum atomic E-state index is -0.0823. The highest BCUT2D eigenvalue weighted by Crippen LogP contribution is 2.16. The number of aromatic nitrogens is 2. The zero-order valence-corrected chi connectivity index (χ0v) is 14.0. The molecule has 2 aromatic carbocycles. The van der Waals surface area contributed by atoms with Crippen molar-refractivity contribution in [1.82, 2.24) is 14.9 Å². The first-order valence-electron chi connectivity index (χ1n) is 8.03. The zero-order valence-electron chi connectivity index (χ0n) is 14.0. The van der Waals surface area contributed by atoms with E-state index in [9.17, 15) is 4.79 Å². The summed E-state index contributed by atoms with van der Waals surface area (Å²) in [5, 5.41) is 2.95. The molecule has 0 bridgehead atoms. The molecule has 1 heterocycles. The number of hydrogen-bond acceptors (Lipinski definition) is 3. The Morgan fingerprint density at radius 2 is 2.04 bits per heavy atom. The van der Waals surface area contributed by atoms with Crippen molar-refractivity contribution in [2.75, 3.05) is 13.7 Å². The standard InChI is InChI=1S/C19H21N3O2/c1-14-21-17-9-3-4-10-18(17)22(14)12-6-11-20-19(23)15-7-5-8-16(13-15)24-2/h3-5,7-10,13H,6,11-12H2,1-2H3,(H,20,23). The molecule has 0 aliphatic heterocycles. The van der Waals surface area contributed by atoms with E-state index < -0.39 is 0 Å². The Morgan fingerprint density at radius 3 is 2.88 bits per heavy atom. The van der Waals surface area contributed by atoms with Crippen molar-refractivity contribution in [3.63, 3.8) is 0 Å². The van der Waals surface area contributed by atoms with Crippen LogP contribution in [0.5, 0.6) is 5.75 Å². The highest BCUT2D eigenvalue weighted by molar-refractivity contribution is 5.94. The number of benzene rings is 2. The van der Waals surface area contributed by atoms with Gasteiger partial charge in [0.15, 0.2) is 0 Å². The lowest BCUT2D eigenvalue weighted by atomic mass is 10.2. The number of para-hydroxylation sites is 2. The average molecular weight is 323 g/mol. The van der Waals surface area contributed by atoms with E-state index in [-0.39, 0.29) is 5.91 Å². The van der Waals surface area contributed by atoms with Crippen molar-refractivity contribution in [2.45, 2.75) is 19.9 Å². The van der Waals surface area contributed by atoms with E-state index in [1.54, 1.807) is 19.2 Å². The Hall–Kier alpha value is -2.82. The van der Waals surface area contributed by atoms with Gasteiger partial charge in [0.2, 0.25) is 0 Å². The summed E-state index contributed by atoms with van der Waals surface area (Å²) in [7, 11) is 1.59. The smallest absolute Gasteiger partial charge is 0.251 e. The number of ether oxygens (including phenoxy) is 1. The minimum Gasteiger partial charge on any atom is -0.497 e. The summed E-state index contributed by atoms with van der Waals surface area (Å²) in [5.74, 6) is 1.60. The van der Waals surface area contributed by atoms with E-state index in [2.05, 4.69) is 20.9 Å². The maximum absolute atomic E-state index is 12.2. The van der Waals surface area contributed by atoms with Gasteiger partial charge in [-0.25, -0.2) is 4.98 Å². The molecule has 0 radical (unpaired) electrons. The molecule has 0 atom stereocenters. The molecular formula is C19H21N3O2. The molecule has 0 spiro atoms. The van der Waals surface area contributed by atoms with Gasteiger partial charge in [0.1, 0.15) is 11.6 Å². The van der Waals surface area contributed by atoms with E-state index in [1.807, 2.05) is 37.3 Å². The van der Waals surface area contributed by atoms with Gasteiger partial charge in [-0.2, -0.15) is 0 Å². The molecule has 0 saturated carbocycles. The molecule has 0 aliphatic rings. The van der Waals surface area contributed by atoms with E-state index in [0.29, 0.717) is 17.9 Å². The number of carbonyl (C=O) groups is 1. The number of amides is 1. The Balaban J connectivity index is 1.56. The van der Waals surface area contributed by atoms with Crippen LogP contribution in [0.25, 0.3) is 11.0 Å². The maximum Gasteiger partial charge on any atom is 0.251 e. The average Bonchev–Trinajstić information content (AvgIpc) is 2.94. The van der Waals surface area contributed by atoms with Crippen LogP contribution in [0, 0.1) is 6.92 Å². The summed E-state index contributed by atoms with van der Waals surface area (Å²) >= 11 is 0. The lowest BCUT2D eigenvalue weighted by Crippen LogP contribution is -2.25. The van der Waals surface area contributed by atoms with Crippen molar-refractivity contribution in [3.05, 3.63) is 59.9 Å². The summed E-state index contributed by atoms with van der Waals surface area (Å²) in [5.41, 5.74) is 2.75. The van der Waals surface area contributed by atoms with Gasteiger partial charge in [-0.3, -0.25) is 4.79 Å². The van der Waals surface area contributed by atoms with Crippen LogP contribution in [0.1, 0.15) is 22.6 Å². The monoisotopic (exact) mass is 323 g/mol. The second-order valence-corrected chi connectivity index (χ2v) is 5.64. The second kappa shape index (κ2) is 7.17. The molecule has 1 amide bonds. The van der Waals surface area contributed by atoms with E-state index in [4.69, 9.17) is 4.74 Å². The van der Waals surface area contributed by atoms with Crippen LogP contribution in [0.3, 0.4) is 0 Å². The number of nitrogens with zero attached hydrogens (tertiary/aromatic N) is 2. The predicted octanol–water partition coefficient (Wildman–Crippen LogP) is 3.17. The molecular weight excluding hydrogens is 302 g/mol. The van der Waals surface area contributed by atoms with Crippen molar-refractivity contribution < 1.29 is 9.53 Å². The van der Waals surface area contributed by atoms with Crippen LogP contribution >= 0.6 is 0 Å². The fraction of sp³-hybridized carbons (Fsp3) is 0.263. The van der Waals surface area contributed by atoms with Gasteiger partial charge in [-0.1, -0.05) is 18.2 Å². The third-order valence-electron chi connectivity index (χ3n) is 4.02. The Labute approximate surface area is 141 Å². The van der Waals surface area contributed by atoms with E-state index in [1.165, 1.54) is 0 Å². The van der Waals surface area contributed by atoms with Gasteiger partial charge in [-0.05, 0) is 43.7 Å². The lowest BCUT2D eigenvalue weighted by Gasteiger charge is -2.09. The van der Waals surface area contributed by atoms with Crippen molar-refractivity contribution in [2.24, 2.45) is 0 Å². The Kier molecular flexibility index (Phi) is 4.79. The third-order valence-corrected chi connectivity index (χ3v) is 4.02. The van der Waals surface area contributed by atoms with Gasteiger partial charge in [0.05, 0.1) is 18.1 Å². The number of aryl methyl sites for hydroxylation is 2. The minimum absolute atomic E-state index is 0.0823. The molecule has 1 aromatic heterocycles. The number of hydrogen-bond donors (Lipinski definition) is 1. The van der Waals surface area contributed by atoms with Gasteiger partial charge in [0.25, 0.3) is 5.91 Å². The number of methoxy groups -OCH3 is 1. The van der Waals surface area contributed by atoms with Crippen LogP contribution in [0.2, 0.25) is 0 Å². The SMILES string of the molecule is COc1cccc(C(=O)NCCCn2c(C)nc3ccccc32)c1. The topological polar surface area (TPSA) is 56.1 Å². The summed E-state index contributed by atoms with van der Waals surface area (Å²) in [6.45, 7) is 3.45.